The molecule has 172 valence electrons. The van der Waals surface area contributed by atoms with E-state index < -0.39 is 21.5 Å². The second-order valence-electron chi connectivity index (χ2n) is 6.89. The normalized spacial score (nSPS) is 11.6. The number of hydrogen-bond donors (Lipinski definition) is 2. The predicted molar refractivity (Wildman–Crippen MR) is 123 cm³/mol. The average molecular weight is 488 g/mol. The van der Waals surface area contributed by atoms with E-state index in [1.54, 1.807) is 0 Å². The molecule has 0 saturated heterocycles. The molecule has 3 aromatic rings. The van der Waals surface area contributed by atoms with Crippen LogP contribution in [0.3, 0.4) is 0 Å². The number of aryl methyl sites for hydroxylation is 1. The number of aromatic nitrogens is 3. The zero-order chi connectivity index (χ0) is 24.2. The molecule has 0 radical (unpaired) electrons. The number of nitrogens with one attached hydrogen (secondary N) is 1. The minimum Gasteiger partial charge on any atom is -0.493 e. The topological polar surface area (TPSA) is 163 Å². The van der Waals surface area contributed by atoms with Crippen molar-refractivity contribution in [2.24, 2.45) is 10.2 Å². The first-order chi connectivity index (χ1) is 15.7. The number of azo groups is 1. The smallest absolute Gasteiger partial charge is 0.281 e. The van der Waals surface area contributed by atoms with Crippen LogP contribution in [0.15, 0.2) is 44.2 Å². The van der Waals surface area contributed by atoms with Crippen LogP contribution in [0, 0.1) is 18.3 Å². The second-order valence-corrected chi connectivity index (χ2v) is 9.64. The lowest BCUT2D eigenvalue weighted by Gasteiger charge is -2.11. The molecule has 0 amide bonds. The van der Waals surface area contributed by atoms with Crippen LogP contribution in [-0.2, 0) is 23.0 Å². The maximum Gasteiger partial charge on any atom is 0.281 e. The molecule has 3 rings (SSSR count). The Labute approximate surface area is 194 Å². The van der Waals surface area contributed by atoms with Gasteiger partial charge in [0.2, 0.25) is 11.0 Å². The van der Waals surface area contributed by atoms with Gasteiger partial charge in [-0.1, -0.05) is 25.2 Å². The van der Waals surface area contributed by atoms with Gasteiger partial charge >= 0.3 is 0 Å². The van der Waals surface area contributed by atoms with Gasteiger partial charge in [-0.2, -0.15) is 10.4 Å². The van der Waals surface area contributed by atoms with Crippen LogP contribution in [0.1, 0.15) is 36.4 Å². The van der Waals surface area contributed by atoms with E-state index >= 15 is 0 Å². The number of anilines is 1. The number of nitriles is 1. The standard InChI is InChI=1S/C20H21N7O4S2/c1-4-10-27-18(28)15(11-21)12(3)17(19(27)29)24-22-13-6-8-14(9-7-13)33(30,31)26-20-25-23-16(5-2)32-20/h6-9,28H,4-5,10H2,1-3H3,(H,25,26). The first kappa shape index (κ1) is 24.0. The van der Waals surface area contributed by atoms with Crippen molar-refractivity contribution in [3.05, 3.63) is 50.8 Å². The molecule has 13 heteroatoms. The first-order valence-electron chi connectivity index (χ1n) is 9.95. The average Bonchev–Trinajstić information content (AvgIpc) is 3.24. The van der Waals surface area contributed by atoms with E-state index in [-0.39, 0.29) is 33.4 Å². The molecule has 0 spiro atoms. The molecule has 0 atom stereocenters. The Bertz CT molecular complexity index is 1400. The monoisotopic (exact) mass is 487 g/mol. The van der Waals surface area contributed by atoms with Gasteiger partial charge in [0, 0.05) is 12.1 Å². The van der Waals surface area contributed by atoms with Crippen molar-refractivity contribution in [2.45, 2.75) is 45.1 Å². The van der Waals surface area contributed by atoms with E-state index in [9.17, 15) is 23.6 Å². The number of rotatable bonds is 8. The van der Waals surface area contributed by atoms with Gasteiger partial charge in [-0.25, -0.2) is 8.42 Å². The van der Waals surface area contributed by atoms with Crippen molar-refractivity contribution < 1.29 is 13.5 Å². The Balaban J connectivity index is 1.88. The largest absolute Gasteiger partial charge is 0.493 e. The van der Waals surface area contributed by atoms with E-state index in [0.717, 1.165) is 15.9 Å². The third-order valence-electron chi connectivity index (χ3n) is 4.62. The lowest BCUT2D eigenvalue weighted by Crippen LogP contribution is -2.21. The van der Waals surface area contributed by atoms with Gasteiger partial charge in [-0.3, -0.25) is 14.1 Å². The third-order valence-corrected chi connectivity index (χ3v) is 7.09. The fraction of sp³-hybridized carbons (Fsp3) is 0.300. The Kier molecular flexibility index (Phi) is 7.19. The van der Waals surface area contributed by atoms with Crippen LogP contribution >= 0.6 is 11.3 Å². The van der Waals surface area contributed by atoms with Gasteiger partial charge in [0.15, 0.2) is 5.69 Å². The summed E-state index contributed by atoms with van der Waals surface area (Å²) >= 11 is 1.16. The lowest BCUT2D eigenvalue weighted by molar-refractivity contribution is 0.402. The van der Waals surface area contributed by atoms with E-state index in [4.69, 9.17) is 0 Å². The minimum absolute atomic E-state index is 0.00687. The molecule has 2 heterocycles. The summed E-state index contributed by atoms with van der Waals surface area (Å²) in [6.45, 7) is 5.45. The van der Waals surface area contributed by atoms with Crippen molar-refractivity contribution in [3.8, 4) is 11.9 Å². The van der Waals surface area contributed by atoms with Crippen LogP contribution in [0.25, 0.3) is 0 Å². The van der Waals surface area contributed by atoms with Crippen molar-refractivity contribution >= 4 is 37.9 Å². The van der Waals surface area contributed by atoms with Crippen molar-refractivity contribution in [1.82, 2.24) is 14.8 Å². The van der Waals surface area contributed by atoms with Crippen LogP contribution in [0.2, 0.25) is 0 Å². The van der Waals surface area contributed by atoms with Crippen molar-refractivity contribution in [3.63, 3.8) is 0 Å². The van der Waals surface area contributed by atoms with E-state index in [2.05, 4.69) is 25.1 Å². The third kappa shape index (κ3) is 5.07. The molecule has 0 fully saturated rings. The molecule has 2 aromatic heterocycles. The Morgan fingerprint density at radius 3 is 2.48 bits per heavy atom. The summed E-state index contributed by atoms with van der Waals surface area (Å²) in [7, 11) is -3.86. The SMILES string of the molecule is CCCn1c(O)c(C#N)c(C)c(N=Nc2ccc(S(=O)(=O)Nc3nnc(CC)s3)cc2)c1=O. The van der Waals surface area contributed by atoms with Gasteiger partial charge in [-0.05, 0) is 44.0 Å². The molecular weight excluding hydrogens is 466 g/mol. The Morgan fingerprint density at radius 2 is 1.91 bits per heavy atom. The fourth-order valence-corrected chi connectivity index (χ4v) is 4.81. The van der Waals surface area contributed by atoms with E-state index in [1.807, 2.05) is 19.9 Å². The fourth-order valence-electron chi connectivity index (χ4n) is 2.90. The van der Waals surface area contributed by atoms with Crippen LogP contribution in [0.5, 0.6) is 5.88 Å². The summed E-state index contributed by atoms with van der Waals surface area (Å²) < 4.78 is 28.6. The maximum absolute atomic E-state index is 12.7. The molecule has 0 aliphatic carbocycles. The van der Waals surface area contributed by atoms with E-state index in [1.165, 1.54) is 31.2 Å². The van der Waals surface area contributed by atoms with Crippen molar-refractivity contribution in [2.75, 3.05) is 4.72 Å². The van der Waals surface area contributed by atoms with Gasteiger partial charge in [0.25, 0.3) is 15.6 Å². The second kappa shape index (κ2) is 9.88. The minimum atomic E-state index is -3.86. The number of sulfonamides is 1. The number of benzene rings is 1. The quantitative estimate of drug-likeness (QED) is 0.457. The molecule has 0 unspecified atom stereocenters. The highest BCUT2D eigenvalue weighted by Crippen LogP contribution is 2.27. The number of aromatic hydroxyl groups is 1. The van der Waals surface area contributed by atoms with Crippen LogP contribution in [-0.4, -0.2) is 28.3 Å². The summed E-state index contributed by atoms with van der Waals surface area (Å²) in [4.78, 5) is 12.7. The molecule has 0 bridgehead atoms. The zero-order valence-corrected chi connectivity index (χ0v) is 19.7. The molecule has 11 nitrogen and oxygen atoms in total. The molecule has 0 saturated carbocycles. The van der Waals surface area contributed by atoms with Gasteiger partial charge < -0.3 is 5.11 Å². The number of hydrogen-bond acceptors (Lipinski definition) is 10. The molecule has 2 N–H and O–H groups in total. The highest BCUT2D eigenvalue weighted by molar-refractivity contribution is 7.93. The van der Waals surface area contributed by atoms with Crippen LogP contribution < -0.4 is 10.3 Å². The summed E-state index contributed by atoms with van der Waals surface area (Å²) in [5.41, 5.74) is -0.179. The summed E-state index contributed by atoms with van der Waals surface area (Å²) in [6, 6.07) is 7.44. The zero-order valence-electron chi connectivity index (χ0n) is 18.1. The summed E-state index contributed by atoms with van der Waals surface area (Å²) in [6.07, 6.45) is 1.22. The maximum atomic E-state index is 12.7. The molecule has 0 aliphatic heterocycles. The van der Waals surface area contributed by atoms with E-state index in [0.29, 0.717) is 23.5 Å². The molecule has 0 aliphatic rings. The van der Waals surface area contributed by atoms with Crippen molar-refractivity contribution in [1.29, 1.82) is 5.26 Å². The Morgan fingerprint density at radius 1 is 1.21 bits per heavy atom. The molecular formula is C20H21N7O4S2. The van der Waals surface area contributed by atoms with Gasteiger partial charge in [-0.15, -0.1) is 15.3 Å². The predicted octanol–water partition coefficient (Wildman–Crippen LogP) is 3.77. The summed E-state index contributed by atoms with van der Waals surface area (Å²) in [5, 5.41) is 36.1. The van der Waals surface area contributed by atoms with Gasteiger partial charge in [0.05, 0.1) is 10.6 Å². The molecule has 33 heavy (non-hydrogen) atoms. The first-order valence-corrected chi connectivity index (χ1v) is 12.2. The lowest BCUT2D eigenvalue weighted by atomic mass is 10.1. The van der Waals surface area contributed by atoms with Crippen LogP contribution in [0.4, 0.5) is 16.5 Å². The number of pyridine rings is 1. The summed E-state index contributed by atoms with van der Waals surface area (Å²) in [5.74, 6) is -0.399. The number of nitrogens with zero attached hydrogens (tertiary/aromatic N) is 6. The highest BCUT2D eigenvalue weighted by Gasteiger charge is 2.19. The molecule has 1 aromatic carbocycles. The van der Waals surface area contributed by atoms with Gasteiger partial charge in [0.1, 0.15) is 16.6 Å². The Hall–Kier alpha value is -3.63. The highest BCUT2D eigenvalue weighted by atomic mass is 32.2.